The average molecular weight is 321 g/mol. The zero-order valence-electron chi connectivity index (χ0n) is 14.6. The van der Waals surface area contributed by atoms with E-state index in [0.717, 1.165) is 23.6 Å². The van der Waals surface area contributed by atoms with E-state index in [1.54, 1.807) is 6.20 Å². The van der Waals surface area contributed by atoms with Crippen molar-refractivity contribution in [2.24, 2.45) is 0 Å². The summed E-state index contributed by atoms with van der Waals surface area (Å²) in [5, 5.41) is 3.34. The summed E-state index contributed by atoms with van der Waals surface area (Å²) < 4.78 is 7.79. The summed E-state index contributed by atoms with van der Waals surface area (Å²) in [6.07, 6.45) is 3.77. The van der Waals surface area contributed by atoms with E-state index in [9.17, 15) is 0 Å². The molecule has 2 aromatic heterocycles. The van der Waals surface area contributed by atoms with Gasteiger partial charge in [-0.3, -0.25) is 0 Å². The molecule has 22 heavy (non-hydrogen) atoms. The highest BCUT2D eigenvalue weighted by Gasteiger charge is 2.13. The minimum absolute atomic E-state index is 0.0229. The molecule has 0 atom stereocenters. The quantitative estimate of drug-likeness (QED) is 0.646. The van der Waals surface area contributed by atoms with Gasteiger partial charge in [-0.2, -0.15) is 0 Å². The summed E-state index contributed by atoms with van der Waals surface area (Å²) in [7, 11) is -1.03. The van der Waals surface area contributed by atoms with Gasteiger partial charge in [-0.15, -0.1) is 0 Å². The second kappa shape index (κ2) is 6.38. The lowest BCUT2D eigenvalue weighted by molar-refractivity contribution is 0.0899. The predicted molar refractivity (Wildman–Crippen MR) is 95.0 cm³/mol. The highest BCUT2D eigenvalue weighted by Crippen LogP contribution is 2.17. The molecule has 2 aromatic rings. The molecule has 0 aliphatic carbocycles. The van der Waals surface area contributed by atoms with E-state index in [0.29, 0.717) is 6.73 Å². The summed E-state index contributed by atoms with van der Waals surface area (Å²) in [6, 6.07) is 3.16. The maximum absolute atomic E-state index is 5.79. The number of anilines is 1. The topological polar surface area (TPSA) is 52.0 Å². The van der Waals surface area contributed by atoms with Crippen LogP contribution >= 0.6 is 0 Å². The average Bonchev–Trinajstić information content (AvgIpc) is 2.74. The van der Waals surface area contributed by atoms with Crippen molar-refractivity contribution in [3.05, 3.63) is 18.5 Å². The summed E-state index contributed by atoms with van der Waals surface area (Å²) in [5.41, 5.74) is 1.74. The molecule has 122 valence electrons. The van der Waals surface area contributed by atoms with Crippen molar-refractivity contribution >= 4 is 25.1 Å². The van der Waals surface area contributed by atoms with Gasteiger partial charge in [0.25, 0.3) is 0 Å². The second-order valence-electron chi connectivity index (χ2n) is 7.97. The normalized spacial score (nSPS) is 12.8. The zero-order valence-corrected chi connectivity index (χ0v) is 15.6. The van der Waals surface area contributed by atoms with Crippen LogP contribution in [0.1, 0.15) is 20.8 Å². The largest absolute Gasteiger partial charge is 0.364 e. The van der Waals surface area contributed by atoms with Gasteiger partial charge in [-0.25, -0.2) is 9.97 Å². The highest BCUT2D eigenvalue weighted by atomic mass is 28.3. The van der Waals surface area contributed by atoms with Crippen molar-refractivity contribution in [3.63, 3.8) is 0 Å². The fourth-order valence-electron chi connectivity index (χ4n) is 2.05. The van der Waals surface area contributed by atoms with Crippen LogP contribution in [0.15, 0.2) is 18.5 Å². The number of hydrogen-bond acceptors (Lipinski definition) is 4. The molecule has 0 aliphatic rings. The molecule has 0 bridgehead atoms. The Bertz CT molecular complexity index is 625. The molecule has 1 N–H and O–H groups in total. The second-order valence-corrected chi connectivity index (χ2v) is 13.6. The van der Waals surface area contributed by atoms with Crippen LogP contribution in [0, 0.1) is 0 Å². The van der Waals surface area contributed by atoms with Crippen LogP contribution in [0.5, 0.6) is 0 Å². The molecule has 2 heterocycles. The van der Waals surface area contributed by atoms with Gasteiger partial charge in [0.05, 0.1) is 6.20 Å². The minimum atomic E-state index is -1.03. The standard InChI is InChI=1S/C16H28N4OSi/c1-16(2,3)19-14-11-17-15-13(18-14)7-8-20(15)12-21-9-10-22(4,5)6/h7-8,11H,9-10,12H2,1-6H3,(H,18,19). The lowest BCUT2D eigenvalue weighted by atomic mass is 10.1. The molecule has 0 fully saturated rings. The molecule has 0 aliphatic heterocycles. The van der Waals surface area contributed by atoms with Gasteiger partial charge >= 0.3 is 0 Å². The molecule has 0 unspecified atom stereocenters. The van der Waals surface area contributed by atoms with Crippen LogP contribution in [0.2, 0.25) is 25.7 Å². The molecular weight excluding hydrogens is 292 g/mol. The molecular formula is C16H28N4OSi. The van der Waals surface area contributed by atoms with Crippen LogP contribution in [0.25, 0.3) is 11.2 Å². The zero-order chi connectivity index (χ0) is 16.4. The molecule has 0 radical (unpaired) electrons. The van der Waals surface area contributed by atoms with Crippen molar-refractivity contribution in [1.82, 2.24) is 14.5 Å². The van der Waals surface area contributed by atoms with E-state index in [2.05, 4.69) is 55.7 Å². The molecule has 0 spiro atoms. The Balaban J connectivity index is 2.01. The number of fused-ring (bicyclic) bond motifs is 1. The van der Waals surface area contributed by atoms with Gasteiger partial charge in [0.2, 0.25) is 0 Å². The number of ether oxygens (including phenoxy) is 1. The van der Waals surface area contributed by atoms with E-state index in [-0.39, 0.29) is 5.54 Å². The summed E-state index contributed by atoms with van der Waals surface area (Å²) >= 11 is 0. The van der Waals surface area contributed by atoms with Gasteiger partial charge in [0.1, 0.15) is 18.1 Å². The van der Waals surface area contributed by atoms with E-state index >= 15 is 0 Å². The molecule has 5 nitrogen and oxygen atoms in total. The van der Waals surface area contributed by atoms with Crippen molar-refractivity contribution in [2.75, 3.05) is 11.9 Å². The lowest BCUT2D eigenvalue weighted by Crippen LogP contribution is -2.26. The van der Waals surface area contributed by atoms with Crippen LogP contribution in [-0.2, 0) is 11.5 Å². The smallest absolute Gasteiger partial charge is 0.160 e. The maximum Gasteiger partial charge on any atom is 0.160 e. The monoisotopic (exact) mass is 320 g/mol. The van der Waals surface area contributed by atoms with Crippen LogP contribution < -0.4 is 5.32 Å². The van der Waals surface area contributed by atoms with E-state index in [1.807, 2.05) is 16.8 Å². The first-order valence-corrected chi connectivity index (χ1v) is 11.5. The third kappa shape index (κ3) is 5.10. The summed E-state index contributed by atoms with van der Waals surface area (Å²) in [4.78, 5) is 9.13. The fraction of sp³-hybridized carbons (Fsp3) is 0.625. The fourth-order valence-corrected chi connectivity index (χ4v) is 2.81. The maximum atomic E-state index is 5.79. The first-order chi connectivity index (χ1) is 10.1. The molecule has 0 amide bonds. The number of rotatable bonds is 6. The van der Waals surface area contributed by atoms with Crippen LogP contribution in [0.4, 0.5) is 5.82 Å². The first-order valence-electron chi connectivity index (χ1n) is 7.82. The van der Waals surface area contributed by atoms with Crippen LogP contribution in [-0.4, -0.2) is 34.8 Å². The lowest BCUT2D eigenvalue weighted by Gasteiger charge is -2.20. The molecule has 2 rings (SSSR count). The minimum Gasteiger partial charge on any atom is -0.364 e. The number of nitrogens with zero attached hydrogens (tertiary/aromatic N) is 3. The Kier molecular flexibility index (Phi) is 4.92. The molecule has 0 saturated carbocycles. The Hall–Kier alpha value is -1.40. The Morgan fingerprint density at radius 3 is 2.64 bits per heavy atom. The van der Waals surface area contributed by atoms with Gasteiger partial charge in [0, 0.05) is 26.4 Å². The third-order valence-electron chi connectivity index (χ3n) is 3.19. The van der Waals surface area contributed by atoms with Gasteiger partial charge in [0.15, 0.2) is 5.65 Å². The van der Waals surface area contributed by atoms with Crippen molar-refractivity contribution < 1.29 is 4.74 Å². The summed E-state index contributed by atoms with van der Waals surface area (Å²) in [6.45, 7) is 14.7. The van der Waals surface area contributed by atoms with E-state index in [1.165, 1.54) is 6.04 Å². The van der Waals surface area contributed by atoms with E-state index < -0.39 is 8.07 Å². The van der Waals surface area contributed by atoms with Crippen molar-refractivity contribution in [1.29, 1.82) is 0 Å². The number of nitrogens with one attached hydrogen (secondary N) is 1. The van der Waals surface area contributed by atoms with Gasteiger partial charge in [-0.05, 0) is 32.9 Å². The SMILES string of the molecule is CC(C)(C)Nc1cnc2c(ccn2COCC[Si](C)(C)C)n1. The van der Waals surface area contributed by atoms with Gasteiger partial charge < -0.3 is 14.6 Å². The number of hydrogen-bond donors (Lipinski definition) is 1. The van der Waals surface area contributed by atoms with Crippen molar-refractivity contribution in [3.8, 4) is 0 Å². The van der Waals surface area contributed by atoms with Gasteiger partial charge in [-0.1, -0.05) is 19.6 Å². The van der Waals surface area contributed by atoms with E-state index in [4.69, 9.17) is 4.74 Å². The van der Waals surface area contributed by atoms with Crippen molar-refractivity contribution in [2.45, 2.75) is 58.7 Å². The highest BCUT2D eigenvalue weighted by molar-refractivity contribution is 6.76. The molecule has 0 aromatic carbocycles. The molecule has 0 saturated heterocycles. The Morgan fingerprint density at radius 1 is 1.27 bits per heavy atom. The predicted octanol–water partition coefficient (Wildman–Crippen LogP) is 3.95. The van der Waals surface area contributed by atoms with Crippen LogP contribution in [0.3, 0.4) is 0 Å². The Morgan fingerprint density at radius 2 is 2.00 bits per heavy atom. The molecule has 6 heteroatoms. The third-order valence-corrected chi connectivity index (χ3v) is 4.90. The first kappa shape index (κ1) is 17.0. The Labute approximate surface area is 134 Å². The summed E-state index contributed by atoms with van der Waals surface area (Å²) in [5.74, 6) is 0.803. The number of aromatic nitrogens is 3.